The van der Waals surface area contributed by atoms with Crippen molar-refractivity contribution in [2.75, 3.05) is 0 Å². The fourth-order valence-corrected chi connectivity index (χ4v) is 2.81. The molecule has 3 atom stereocenters. The minimum atomic E-state index is -1.21. The van der Waals surface area contributed by atoms with Crippen molar-refractivity contribution in [2.45, 2.75) is 44.3 Å². The summed E-state index contributed by atoms with van der Waals surface area (Å²) in [7, 11) is 0. The molecular formula is C19H24N4O6. The maximum Gasteiger partial charge on any atom is 0.326 e. The van der Waals surface area contributed by atoms with Gasteiger partial charge in [0.25, 0.3) is 0 Å². The largest absolute Gasteiger partial charge is 0.481 e. The number of carbonyl (C=O) groups excluding carboxylic acids is 2. The average Bonchev–Trinajstić information content (AvgIpc) is 3.08. The molecule has 7 N–H and O–H groups in total. The highest BCUT2D eigenvalue weighted by Gasteiger charge is 2.26. The van der Waals surface area contributed by atoms with Gasteiger partial charge in [-0.1, -0.05) is 18.2 Å². The number of carboxylic acid groups (broad SMARTS) is 2. The molecule has 29 heavy (non-hydrogen) atoms. The Morgan fingerprint density at radius 2 is 1.79 bits per heavy atom. The van der Waals surface area contributed by atoms with E-state index in [-0.39, 0.29) is 19.3 Å². The Balaban J connectivity index is 1.97. The Kier molecular flexibility index (Phi) is 7.32. The van der Waals surface area contributed by atoms with Crippen LogP contribution in [0.25, 0.3) is 10.9 Å². The average molecular weight is 404 g/mol. The fraction of sp³-hybridized carbons (Fsp3) is 0.368. The van der Waals surface area contributed by atoms with E-state index in [2.05, 4.69) is 15.6 Å². The molecule has 0 aliphatic rings. The molecule has 2 aromatic rings. The van der Waals surface area contributed by atoms with Crippen molar-refractivity contribution in [3.8, 4) is 0 Å². The molecule has 1 aromatic carbocycles. The monoisotopic (exact) mass is 404 g/mol. The topological polar surface area (TPSA) is 175 Å². The van der Waals surface area contributed by atoms with Crippen LogP contribution in [0.1, 0.15) is 25.3 Å². The van der Waals surface area contributed by atoms with Crippen LogP contribution in [-0.2, 0) is 25.6 Å². The van der Waals surface area contributed by atoms with Gasteiger partial charge in [-0.05, 0) is 25.0 Å². The Labute approximate surface area is 166 Å². The third-order valence-corrected chi connectivity index (χ3v) is 4.47. The Bertz CT molecular complexity index is 909. The van der Waals surface area contributed by atoms with E-state index in [0.29, 0.717) is 0 Å². The zero-order valence-electron chi connectivity index (χ0n) is 15.8. The molecule has 0 saturated carbocycles. The number of aromatic nitrogens is 1. The quantitative estimate of drug-likeness (QED) is 0.322. The van der Waals surface area contributed by atoms with Gasteiger partial charge in [0.05, 0.1) is 6.04 Å². The zero-order chi connectivity index (χ0) is 21.6. The predicted octanol–water partition coefficient (Wildman–Crippen LogP) is -0.0234. The number of carboxylic acids is 2. The number of fused-ring (bicyclic) bond motifs is 1. The van der Waals surface area contributed by atoms with Gasteiger partial charge in [-0.3, -0.25) is 14.4 Å². The number of benzene rings is 1. The number of H-pyrrole nitrogens is 1. The summed E-state index contributed by atoms with van der Waals surface area (Å²) in [5, 5.41) is 23.7. The lowest BCUT2D eigenvalue weighted by Crippen LogP contribution is -2.53. The van der Waals surface area contributed by atoms with Crippen LogP contribution in [0.4, 0.5) is 0 Å². The number of aliphatic carboxylic acids is 2. The fourth-order valence-electron chi connectivity index (χ4n) is 2.81. The number of nitrogens with two attached hydrogens (primary N) is 1. The summed E-state index contributed by atoms with van der Waals surface area (Å²) in [6, 6.07) is 4.08. The van der Waals surface area contributed by atoms with Gasteiger partial charge >= 0.3 is 11.9 Å². The van der Waals surface area contributed by atoms with Crippen LogP contribution >= 0.6 is 0 Å². The number of hydrogen-bond acceptors (Lipinski definition) is 5. The first-order chi connectivity index (χ1) is 13.7. The third kappa shape index (κ3) is 6.04. The van der Waals surface area contributed by atoms with Gasteiger partial charge in [0.1, 0.15) is 12.1 Å². The second-order valence-electron chi connectivity index (χ2n) is 6.73. The number of nitrogens with one attached hydrogen (secondary N) is 3. The number of carbonyl (C=O) groups is 4. The molecular weight excluding hydrogens is 380 g/mol. The Morgan fingerprint density at radius 1 is 1.10 bits per heavy atom. The van der Waals surface area contributed by atoms with E-state index >= 15 is 0 Å². The Hall–Kier alpha value is -3.40. The standard InChI is InChI=1S/C19H24N4O6/c1-10(22-18(27)13(20)6-7-16(24)25)17(26)23-15(19(28)29)8-11-9-21-14-5-3-2-4-12(11)14/h2-5,9-10,13,15,21H,6-8,20H2,1H3,(H,22,27)(H,23,26)(H,24,25)(H,28,29). The van der Waals surface area contributed by atoms with E-state index < -0.39 is 41.9 Å². The molecule has 0 aliphatic heterocycles. The summed E-state index contributed by atoms with van der Waals surface area (Å²) in [6.45, 7) is 1.39. The van der Waals surface area contributed by atoms with Crippen molar-refractivity contribution in [1.82, 2.24) is 15.6 Å². The minimum Gasteiger partial charge on any atom is -0.481 e. The molecule has 0 saturated heterocycles. The summed E-state index contributed by atoms with van der Waals surface area (Å²) in [6.07, 6.45) is 1.40. The van der Waals surface area contributed by atoms with Crippen LogP contribution in [0.15, 0.2) is 30.5 Å². The predicted molar refractivity (Wildman–Crippen MR) is 104 cm³/mol. The van der Waals surface area contributed by atoms with E-state index in [1.165, 1.54) is 6.92 Å². The number of hydrogen-bond donors (Lipinski definition) is 6. The van der Waals surface area contributed by atoms with E-state index in [0.717, 1.165) is 16.5 Å². The van der Waals surface area contributed by atoms with Crippen molar-refractivity contribution < 1.29 is 29.4 Å². The smallest absolute Gasteiger partial charge is 0.326 e. The van der Waals surface area contributed by atoms with Gasteiger partial charge < -0.3 is 31.6 Å². The zero-order valence-corrected chi connectivity index (χ0v) is 15.8. The van der Waals surface area contributed by atoms with Crippen LogP contribution in [-0.4, -0.2) is 57.1 Å². The molecule has 0 bridgehead atoms. The molecule has 0 spiro atoms. The van der Waals surface area contributed by atoms with Crippen molar-refractivity contribution >= 4 is 34.7 Å². The van der Waals surface area contributed by atoms with Crippen LogP contribution in [0.5, 0.6) is 0 Å². The SMILES string of the molecule is CC(NC(=O)C(N)CCC(=O)O)C(=O)NC(Cc1c[nH]c2ccccc12)C(=O)O. The molecule has 1 heterocycles. The van der Waals surface area contributed by atoms with Crippen LogP contribution in [0, 0.1) is 0 Å². The molecule has 156 valence electrons. The number of para-hydroxylation sites is 1. The molecule has 0 radical (unpaired) electrons. The highest BCUT2D eigenvalue weighted by molar-refractivity contribution is 5.92. The van der Waals surface area contributed by atoms with E-state index in [1.54, 1.807) is 6.20 Å². The molecule has 1 aromatic heterocycles. The van der Waals surface area contributed by atoms with Crippen LogP contribution in [0.2, 0.25) is 0 Å². The molecule has 0 fully saturated rings. The molecule has 10 nitrogen and oxygen atoms in total. The van der Waals surface area contributed by atoms with Gasteiger partial charge in [0.15, 0.2) is 0 Å². The van der Waals surface area contributed by atoms with E-state index in [4.69, 9.17) is 10.8 Å². The summed E-state index contributed by atoms with van der Waals surface area (Å²) in [4.78, 5) is 49.5. The van der Waals surface area contributed by atoms with Gasteiger partial charge in [-0.25, -0.2) is 4.79 Å². The lowest BCUT2D eigenvalue weighted by molar-refractivity contribution is -0.142. The molecule has 3 unspecified atom stereocenters. The summed E-state index contributed by atoms with van der Waals surface area (Å²) in [5.41, 5.74) is 7.19. The molecule has 2 amide bonds. The first-order valence-corrected chi connectivity index (χ1v) is 9.05. The molecule has 2 rings (SSSR count). The maximum absolute atomic E-state index is 12.3. The van der Waals surface area contributed by atoms with E-state index in [9.17, 15) is 24.3 Å². The van der Waals surface area contributed by atoms with Crippen molar-refractivity contribution in [3.05, 3.63) is 36.0 Å². The summed E-state index contributed by atoms with van der Waals surface area (Å²) < 4.78 is 0. The maximum atomic E-state index is 12.3. The first kappa shape index (κ1) is 21.9. The van der Waals surface area contributed by atoms with Crippen LogP contribution < -0.4 is 16.4 Å². The number of rotatable bonds is 10. The van der Waals surface area contributed by atoms with Crippen molar-refractivity contribution in [1.29, 1.82) is 0 Å². The van der Waals surface area contributed by atoms with Gasteiger partial charge in [0, 0.05) is 29.9 Å². The Morgan fingerprint density at radius 3 is 2.45 bits per heavy atom. The van der Waals surface area contributed by atoms with E-state index in [1.807, 2.05) is 24.3 Å². The summed E-state index contributed by atoms with van der Waals surface area (Å²) in [5.74, 6) is -3.66. The second-order valence-corrected chi connectivity index (χ2v) is 6.73. The van der Waals surface area contributed by atoms with Crippen LogP contribution in [0.3, 0.4) is 0 Å². The number of aromatic amines is 1. The lowest BCUT2D eigenvalue weighted by atomic mass is 10.0. The lowest BCUT2D eigenvalue weighted by Gasteiger charge is -2.20. The first-order valence-electron chi connectivity index (χ1n) is 9.05. The normalized spacial score (nSPS) is 14.0. The van der Waals surface area contributed by atoms with Crippen molar-refractivity contribution in [2.24, 2.45) is 5.73 Å². The highest BCUT2D eigenvalue weighted by Crippen LogP contribution is 2.19. The highest BCUT2D eigenvalue weighted by atomic mass is 16.4. The molecule has 10 heteroatoms. The molecule has 0 aliphatic carbocycles. The van der Waals surface area contributed by atoms with Gasteiger partial charge in [-0.15, -0.1) is 0 Å². The number of amides is 2. The third-order valence-electron chi connectivity index (χ3n) is 4.47. The second kappa shape index (κ2) is 9.69. The van der Waals surface area contributed by atoms with Gasteiger partial charge in [0.2, 0.25) is 11.8 Å². The summed E-state index contributed by atoms with van der Waals surface area (Å²) >= 11 is 0. The minimum absolute atomic E-state index is 0.0594. The van der Waals surface area contributed by atoms with Gasteiger partial charge in [-0.2, -0.15) is 0 Å². The van der Waals surface area contributed by atoms with Crippen molar-refractivity contribution in [3.63, 3.8) is 0 Å².